The molecule has 0 aliphatic carbocycles. The molecule has 21 heavy (non-hydrogen) atoms. The molecule has 1 aliphatic heterocycles. The Hall–Kier alpha value is -1.43. The Morgan fingerprint density at radius 3 is 2.90 bits per heavy atom. The van der Waals surface area contributed by atoms with Crippen LogP contribution in [0.1, 0.15) is 36.2 Å². The summed E-state index contributed by atoms with van der Waals surface area (Å²) in [6, 6.07) is 7.44. The van der Waals surface area contributed by atoms with Crippen molar-refractivity contribution in [1.82, 2.24) is 15.0 Å². The third kappa shape index (κ3) is 3.81. The summed E-state index contributed by atoms with van der Waals surface area (Å²) in [5, 5.41) is 4.71. The molecule has 1 fully saturated rings. The maximum atomic E-state index is 6.16. The maximum absolute atomic E-state index is 6.16. The number of halogens is 1. The van der Waals surface area contributed by atoms with Crippen LogP contribution in [-0.2, 0) is 6.42 Å². The van der Waals surface area contributed by atoms with Crippen molar-refractivity contribution in [2.45, 2.75) is 25.3 Å². The quantitative estimate of drug-likeness (QED) is 0.918. The van der Waals surface area contributed by atoms with E-state index < -0.39 is 0 Å². The first-order valence-electron chi connectivity index (χ1n) is 7.25. The molecule has 0 amide bonds. The van der Waals surface area contributed by atoms with Crippen LogP contribution in [0.15, 0.2) is 28.8 Å². The highest BCUT2D eigenvalue weighted by molar-refractivity contribution is 6.30. The highest BCUT2D eigenvalue weighted by Gasteiger charge is 2.20. The molecule has 1 aromatic heterocycles. The van der Waals surface area contributed by atoms with Gasteiger partial charge in [0.1, 0.15) is 0 Å². The molecule has 2 aromatic rings. The van der Waals surface area contributed by atoms with Gasteiger partial charge in [0.2, 0.25) is 5.89 Å². The van der Waals surface area contributed by atoms with Crippen molar-refractivity contribution in [1.29, 1.82) is 0 Å². The van der Waals surface area contributed by atoms with Crippen LogP contribution in [0.4, 0.5) is 0 Å². The zero-order valence-corrected chi connectivity index (χ0v) is 12.6. The van der Waals surface area contributed by atoms with Gasteiger partial charge in [-0.1, -0.05) is 28.9 Å². The molecule has 5 nitrogen and oxygen atoms in total. The van der Waals surface area contributed by atoms with Gasteiger partial charge < -0.3 is 15.2 Å². The Labute approximate surface area is 129 Å². The summed E-state index contributed by atoms with van der Waals surface area (Å²) in [6.45, 7) is 3.01. The fourth-order valence-electron chi connectivity index (χ4n) is 2.64. The number of benzene rings is 1. The number of nitrogens with zero attached hydrogens (tertiary/aromatic N) is 3. The summed E-state index contributed by atoms with van der Waals surface area (Å²) in [5.41, 5.74) is 7.20. The molecular formula is C15H19ClN4O. The first-order chi connectivity index (χ1) is 10.2. The molecule has 0 spiro atoms. The second-order valence-corrected chi connectivity index (χ2v) is 5.90. The van der Waals surface area contributed by atoms with Gasteiger partial charge in [-0.3, -0.25) is 0 Å². The van der Waals surface area contributed by atoms with E-state index in [9.17, 15) is 0 Å². The van der Waals surface area contributed by atoms with Gasteiger partial charge in [-0.2, -0.15) is 4.98 Å². The third-order valence-electron chi connectivity index (χ3n) is 3.71. The SMILES string of the molecule is NC(CN1CCCC1)c1noc(Cc2cccc(Cl)c2)n1. The second-order valence-electron chi connectivity index (χ2n) is 5.47. The van der Waals surface area contributed by atoms with Crippen LogP contribution >= 0.6 is 11.6 Å². The Balaban J connectivity index is 1.62. The van der Waals surface area contributed by atoms with E-state index in [2.05, 4.69) is 15.0 Å². The Bertz CT molecular complexity index is 595. The molecule has 3 rings (SSSR count). The van der Waals surface area contributed by atoms with Crippen LogP contribution in [0.2, 0.25) is 5.02 Å². The molecule has 0 bridgehead atoms. The lowest BCUT2D eigenvalue weighted by Gasteiger charge is -2.17. The fourth-order valence-corrected chi connectivity index (χ4v) is 2.85. The molecule has 1 aliphatic rings. The smallest absolute Gasteiger partial charge is 0.231 e. The molecule has 2 N–H and O–H groups in total. The molecule has 0 saturated carbocycles. The molecule has 1 unspecified atom stereocenters. The van der Waals surface area contributed by atoms with Crippen molar-refractivity contribution in [3.63, 3.8) is 0 Å². The zero-order chi connectivity index (χ0) is 14.7. The summed E-state index contributed by atoms with van der Waals surface area (Å²) >= 11 is 5.97. The summed E-state index contributed by atoms with van der Waals surface area (Å²) < 4.78 is 5.29. The summed E-state index contributed by atoms with van der Waals surface area (Å²) in [7, 11) is 0. The van der Waals surface area contributed by atoms with E-state index in [4.69, 9.17) is 21.9 Å². The molecule has 2 heterocycles. The first-order valence-corrected chi connectivity index (χ1v) is 7.63. The van der Waals surface area contributed by atoms with Gasteiger partial charge in [0.15, 0.2) is 5.82 Å². The Morgan fingerprint density at radius 1 is 1.33 bits per heavy atom. The Kier molecular flexibility index (Phi) is 4.53. The van der Waals surface area contributed by atoms with Crippen molar-refractivity contribution in [3.05, 3.63) is 46.6 Å². The number of rotatable bonds is 5. The van der Waals surface area contributed by atoms with Crippen LogP contribution in [0.3, 0.4) is 0 Å². The van der Waals surface area contributed by atoms with E-state index >= 15 is 0 Å². The summed E-state index contributed by atoms with van der Waals surface area (Å²) in [6.07, 6.45) is 3.07. The van der Waals surface area contributed by atoms with Gasteiger partial charge in [0.05, 0.1) is 12.5 Å². The number of nitrogens with two attached hydrogens (primary N) is 1. The van der Waals surface area contributed by atoms with Crippen molar-refractivity contribution >= 4 is 11.6 Å². The molecule has 6 heteroatoms. The third-order valence-corrected chi connectivity index (χ3v) is 3.95. The minimum Gasteiger partial charge on any atom is -0.339 e. The molecule has 112 valence electrons. The maximum Gasteiger partial charge on any atom is 0.231 e. The number of hydrogen-bond acceptors (Lipinski definition) is 5. The standard InChI is InChI=1S/C15H19ClN4O/c16-12-5-3-4-11(8-12)9-14-18-15(19-21-14)13(17)10-20-6-1-2-7-20/h3-5,8,13H,1-2,6-7,9-10,17H2. The highest BCUT2D eigenvalue weighted by atomic mass is 35.5. The van der Waals surface area contributed by atoms with E-state index in [1.165, 1.54) is 12.8 Å². The lowest BCUT2D eigenvalue weighted by Crippen LogP contribution is -2.30. The average molecular weight is 307 g/mol. The topological polar surface area (TPSA) is 68.2 Å². The zero-order valence-electron chi connectivity index (χ0n) is 11.8. The van der Waals surface area contributed by atoms with Crippen LogP contribution in [0.25, 0.3) is 0 Å². The molecular weight excluding hydrogens is 288 g/mol. The van der Waals surface area contributed by atoms with Crippen LogP contribution < -0.4 is 5.73 Å². The number of likely N-dealkylation sites (tertiary alicyclic amines) is 1. The Morgan fingerprint density at radius 2 is 2.14 bits per heavy atom. The molecule has 1 atom stereocenters. The monoisotopic (exact) mass is 306 g/mol. The molecule has 1 aromatic carbocycles. The van der Waals surface area contributed by atoms with Gasteiger partial charge in [-0.05, 0) is 43.6 Å². The van der Waals surface area contributed by atoms with Gasteiger partial charge in [0.25, 0.3) is 0 Å². The number of hydrogen-bond donors (Lipinski definition) is 1. The summed E-state index contributed by atoms with van der Waals surface area (Å²) in [5.74, 6) is 1.16. The second kappa shape index (κ2) is 6.56. The molecule has 1 saturated heterocycles. The molecule has 0 radical (unpaired) electrons. The van der Waals surface area contributed by atoms with Crippen molar-refractivity contribution in [3.8, 4) is 0 Å². The van der Waals surface area contributed by atoms with Gasteiger partial charge in [0, 0.05) is 11.6 Å². The minimum absolute atomic E-state index is 0.194. The lowest BCUT2D eigenvalue weighted by atomic mass is 10.1. The van der Waals surface area contributed by atoms with Gasteiger partial charge >= 0.3 is 0 Å². The van der Waals surface area contributed by atoms with E-state index in [1.54, 1.807) is 0 Å². The van der Waals surface area contributed by atoms with E-state index in [0.717, 1.165) is 25.2 Å². The predicted octanol–water partition coefficient (Wildman–Crippen LogP) is 2.41. The van der Waals surface area contributed by atoms with Crippen molar-refractivity contribution < 1.29 is 4.52 Å². The van der Waals surface area contributed by atoms with E-state index in [-0.39, 0.29) is 6.04 Å². The fraction of sp³-hybridized carbons (Fsp3) is 0.467. The van der Waals surface area contributed by atoms with Crippen LogP contribution in [-0.4, -0.2) is 34.7 Å². The van der Waals surface area contributed by atoms with Crippen molar-refractivity contribution in [2.75, 3.05) is 19.6 Å². The average Bonchev–Trinajstić information content (AvgIpc) is 3.10. The highest BCUT2D eigenvalue weighted by Crippen LogP contribution is 2.16. The lowest BCUT2D eigenvalue weighted by molar-refractivity contribution is 0.305. The normalized spacial score (nSPS) is 17.2. The summed E-state index contributed by atoms with van der Waals surface area (Å²) in [4.78, 5) is 6.75. The van der Waals surface area contributed by atoms with E-state index in [0.29, 0.717) is 23.2 Å². The van der Waals surface area contributed by atoms with Crippen LogP contribution in [0.5, 0.6) is 0 Å². The van der Waals surface area contributed by atoms with Crippen molar-refractivity contribution in [2.24, 2.45) is 5.73 Å². The van der Waals surface area contributed by atoms with Gasteiger partial charge in [-0.25, -0.2) is 0 Å². The van der Waals surface area contributed by atoms with Crippen LogP contribution in [0, 0.1) is 0 Å². The number of aromatic nitrogens is 2. The predicted molar refractivity (Wildman–Crippen MR) is 81.2 cm³/mol. The van der Waals surface area contributed by atoms with E-state index in [1.807, 2.05) is 24.3 Å². The van der Waals surface area contributed by atoms with Gasteiger partial charge in [-0.15, -0.1) is 0 Å². The largest absolute Gasteiger partial charge is 0.339 e. The minimum atomic E-state index is -0.194. The first kappa shape index (κ1) is 14.5.